The SMILES string of the molecule is CC(C)(Br)C(=O)N1CC1. The molecule has 1 aliphatic rings. The van der Waals surface area contributed by atoms with Gasteiger partial charge in [0.1, 0.15) is 0 Å². The molecule has 2 nitrogen and oxygen atoms in total. The zero-order valence-electron chi connectivity index (χ0n) is 5.65. The predicted octanol–water partition coefficient (Wildman–Crippen LogP) is 1.00. The number of alkyl halides is 1. The Labute approximate surface area is 63.3 Å². The minimum atomic E-state index is -0.358. The summed E-state index contributed by atoms with van der Waals surface area (Å²) in [5, 5.41) is 0. The molecular formula is C6H10BrNO. The zero-order valence-corrected chi connectivity index (χ0v) is 7.23. The third kappa shape index (κ3) is 1.68. The van der Waals surface area contributed by atoms with Crippen molar-refractivity contribution in [2.75, 3.05) is 13.1 Å². The highest BCUT2D eigenvalue weighted by Gasteiger charge is 2.34. The molecule has 0 aromatic rings. The molecule has 0 N–H and O–H groups in total. The second-order valence-corrected chi connectivity index (χ2v) is 4.75. The molecule has 1 saturated heterocycles. The average molecular weight is 192 g/mol. The maximum Gasteiger partial charge on any atom is 0.239 e. The van der Waals surface area contributed by atoms with E-state index in [1.807, 2.05) is 18.7 Å². The molecule has 0 atom stereocenters. The normalized spacial score (nSPS) is 17.9. The van der Waals surface area contributed by atoms with Crippen molar-refractivity contribution >= 4 is 21.8 Å². The molecule has 0 spiro atoms. The molecule has 1 aliphatic heterocycles. The van der Waals surface area contributed by atoms with Crippen LogP contribution in [0.15, 0.2) is 0 Å². The fourth-order valence-corrected chi connectivity index (χ4v) is 0.880. The molecule has 3 heteroatoms. The van der Waals surface area contributed by atoms with E-state index in [9.17, 15) is 4.79 Å². The summed E-state index contributed by atoms with van der Waals surface area (Å²) >= 11 is 3.29. The molecule has 0 bridgehead atoms. The van der Waals surface area contributed by atoms with E-state index in [0.717, 1.165) is 13.1 Å². The molecule has 1 amide bonds. The fourth-order valence-electron chi connectivity index (χ4n) is 0.629. The minimum Gasteiger partial charge on any atom is -0.338 e. The molecule has 1 fully saturated rings. The van der Waals surface area contributed by atoms with Crippen LogP contribution in [-0.4, -0.2) is 28.2 Å². The number of hydrogen-bond donors (Lipinski definition) is 0. The van der Waals surface area contributed by atoms with Crippen LogP contribution in [-0.2, 0) is 4.79 Å². The standard InChI is InChI=1S/C6H10BrNO/c1-6(2,7)5(9)8-3-4-8/h3-4H2,1-2H3. The van der Waals surface area contributed by atoms with Gasteiger partial charge in [-0.05, 0) is 13.8 Å². The lowest BCUT2D eigenvalue weighted by Gasteiger charge is -2.14. The van der Waals surface area contributed by atoms with Crippen LogP contribution in [0.3, 0.4) is 0 Å². The van der Waals surface area contributed by atoms with Crippen LogP contribution in [0.4, 0.5) is 0 Å². The lowest BCUT2D eigenvalue weighted by atomic mass is 10.2. The summed E-state index contributed by atoms with van der Waals surface area (Å²) in [5.41, 5.74) is 0. The van der Waals surface area contributed by atoms with E-state index in [-0.39, 0.29) is 10.2 Å². The highest BCUT2D eigenvalue weighted by molar-refractivity contribution is 9.10. The van der Waals surface area contributed by atoms with Gasteiger partial charge in [-0.1, -0.05) is 15.9 Å². The lowest BCUT2D eigenvalue weighted by molar-refractivity contribution is -0.127. The first-order valence-electron chi connectivity index (χ1n) is 3.00. The molecule has 52 valence electrons. The molecule has 1 rings (SSSR count). The van der Waals surface area contributed by atoms with Gasteiger partial charge in [0.15, 0.2) is 0 Å². The highest BCUT2D eigenvalue weighted by Crippen LogP contribution is 2.22. The van der Waals surface area contributed by atoms with Gasteiger partial charge in [-0.3, -0.25) is 4.79 Å². The van der Waals surface area contributed by atoms with Crippen molar-refractivity contribution in [2.45, 2.75) is 18.2 Å². The number of nitrogens with zero attached hydrogens (tertiary/aromatic N) is 1. The van der Waals surface area contributed by atoms with Gasteiger partial charge in [-0.2, -0.15) is 0 Å². The fraction of sp³-hybridized carbons (Fsp3) is 0.833. The van der Waals surface area contributed by atoms with E-state index < -0.39 is 0 Å². The number of rotatable bonds is 1. The number of amides is 1. The molecule has 0 aromatic carbocycles. The molecule has 0 aliphatic carbocycles. The molecule has 9 heavy (non-hydrogen) atoms. The van der Waals surface area contributed by atoms with E-state index in [2.05, 4.69) is 15.9 Å². The van der Waals surface area contributed by atoms with Crippen molar-refractivity contribution < 1.29 is 4.79 Å². The summed E-state index contributed by atoms with van der Waals surface area (Å²) in [6.45, 7) is 5.61. The summed E-state index contributed by atoms with van der Waals surface area (Å²) in [5.74, 6) is 0.197. The van der Waals surface area contributed by atoms with E-state index in [4.69, 9.17) is 0 Å². The summed E-state index contributed by atoms with van der Waals surface area (Å²) in [6.07, 6.45) is 0. The second kappa shape index (κ2) is 1.97. The Hall–Kier alpha value is -0.0500. The topological polar surface area (TPSA) is 20.1 Å². The smallest absolute Gasteiger partial charge is 0.239 e. The van der Waals surface area contributed by atoms with Crippen molar-refractivity contribution in [3.05, 3.63) is 0 Å². The van der Waals surface area contributed by atoms with E-state index in [0.29, 0.717) is 0 Å². The van der Waals surface area contributed by atoms with Gasteiger partial charge in [0.25, 0.3) is 0 Å². The summed E-state index contributed by atoms with van der Waals surface area (Å²) < 4.78 is -0.358. The quantitative estimate of drug-likeness (QED) is 0.448. The van der Waals surface area contributed by atoms with Crippen LogP contribution in [0.2, 0.25) is 0 Å². The van der Waals surface area contributed by atoms with Crippen LogP contribution < -0.4 is 0 Å². The molecule has 0 unspecified atom stereocenters. The Morgan fingerprint density at radius 3 is 2.11 bits per heavy atom. The van der Waals surface area contributed by atoms with Crippen LogP contribution in [0.25, 0.3) is 0 Å². The zero-order chi connectivity index (χ0) is 7.07. The highest BCUT2D eigenvalue weighted by atomic mass is 79.9. The summed E-state index contributed by atoms with van der Waals surface area (Å²) in [4.78, 5) is 12.9. The van der Waals surface area contributed by atoms with Gasteiger partial charge >= 0.3 is 0 Å². The molecule has 0 radical (unpaired) electrons. The van der Waals surface area contributed by atoms with Gasteiger partial charge in [-0.15, -0.1) is 0 Å². The molecule has 0 aromatic heterocycles. The Morgan fingerprint density at radius 2 is 2.00 bits per heavy atom. The largest absolute Gasteiger partial charge is 0.338 e. The van der Waals surface area contributed by atoms with Crippen molar-refractivity contribution in [2.24, 2.45) is 0 Å². The third-order valence-corrected chi connectivity index (χ3v) is 1.58. The predicted molar refractivity (Wildman–Crippen MR) is 39.6 cm³/mol. The monoisotopic (exact) mass is 191 g/mol. The average Bonchev–Trinajstić information content (AvgIpc) is 2.40. The number of halogens is 1. The maximum atomic E-state index is 11.1. The number of carbonyl (C=O) groups excluding carboxylic acids is 1. The van der Waals surface area contributed by atoms with Crippen LogP contribution >= 0.6 is 15.9 Å². The van der Waals surface area contributed by atoms with Gasteiger partial charge in [0.05, 0.1) is 4.32 Å². The van der Waals surface area contributed by atoms with Crippen molar-refractivity contribution in [1.82, 2.24) is 4.90 Å². The van der Waals surface area contributed by atoms with Gasteiger partial charge in [0, 0.05) is 13.1 Å². The van der Waals surface area contributed by atoms with Crippen LogP contribution in [0.1, 0.15) is 13.8 Å². The second-order valence-electron chi connectivity index (χ2n) is 2.76. The first kappa shape index (κ1) is 7.06. The Bertz CT molecular complexity index is 134. The van der Waals surface area contributed by atoms with Gasteiger partial charge in [0.2, 0.25) is 5.91 Å². The summed E-state index contributed by atoms with van der Waals surface area (Å²) in [6, 6.07) is 0. The van der Waals surface area contributed by atoms with Crippen LogP contribution in [0, 0.1) is 0 Å². The Balaban J connectivity index is 2.50. The first-order chi connectivity index (χ1) is 4.02. The molecular weight excluding hydrogens is 182 g/mol. The van der Waals surface area contributed by atoms with E-state index >= 15 is 0 Å². The molecule has 0 saturated carbocycles. The number of hydrogen-bond acceptors (Lipinski definition) is 1. The minimum absolute atomic E-state index is 0.197. The van der Waals surface area contributed by atoms with Crippen molar-refractivity contribution in [3.63, 3.8) is 0 Å². The summed E-state index contributed by atoms with van der Waals surface area (Å²) in [7, 11) is 0. The van der Waals surface area contributed by atoms with Crippen molar-refractivity contribution in [3.8, 4) is 0 Å². The molecule has 1 heterocycles. The van der Waals surface area contributed by atoms with Gasteiger partial charge < -0.3 is 4.90 Å². The van der Waals surface area contributed by atoms with E-state index in [1.165, 1.54) is 0 Å². The van der Waals surface area contributed by atoms with Crippen molar-refractivity contribution in [1.29, 1.82) is 0 Å². The van der Waals surface area contributed by atoms with E-state index in [1.54, 1.807) is 0 Å². The van der Waals surface area contributed by atoms with Crippen LogP contribution in [0.5, 0.6) is 0 Å². The lowest BCUT2D eigenvalue weighted by Crippen LogP contribution is -2.30. The Morgan fingerprint density at radius 1 is 1.56 bits per heavy atom. The third-order valence-electron chi connectivity index (χ3n) is 1.24. The van der Waals surface area contributed by atoms with Gasteiger partial charge in [-0.25, -0.2) is 0 Å². The number of carbonyl (C=O) groups is 1. The Kier molecular flexibility index (Phi) is 1.55. The first-order valence-corrected chi connectivity index (χ1v) is 3.79. The maximum absolute atomic E-state index is 11.1.